The van der Waals surface area contributed by atoms with E-state index in [1.165, 1.54) is 12.1 Å². The summed E-state index contributed by atoms with van der Waals surface area (Å²) < 4.78 is 13.1. The van der Waals surface area contributed by atoms with Crippen molar-refractivity contribution < 1.29 is 9.18 Å². The molecule has 2 heterocycles. The third kappa shape index (κ3) is 3.46. The van der Waals surface area contributed by atoms with Gasteiger partial charge in [-0.3, -0.25) is 9.78 Å². The van der Waals surface area contributed by atoms with Crippen LogP contribution in [-0.4, -0.2) is 53.4 Å². The van der Waals surface area contributed by atoms with Gasteiger partial charge in [-0.15, -0.1) is 0 Å². The number of aromatic nitrogens is 1. The average Bonchev–Trinajstić information content (AvgIpc) is 2.99. The summed E-state index contributed by atoms with van der Waals surface area (Å²) in [4.78, 5) is 21.2. The Balaban J connectivity index is 1.84. The maximum Gasteiger partial charge on any atom is 0.254 e. The molecule has 0 spiro atoms. The van der Waals surface area contributed by atoms with Crippen molar-refractivity contribution in [2.75, 3.05) is 20.6 Å². The van der Waals surface area contributed by atoms with Crippen molar-refractivity contribution in [1.82, 2.24) is 14.8 Å². The molecule has 0 unspecified atom stereocenters. The molecule has 1 fully saturated rings. The molecule has 1 aromatic heterocycles. The molecule has 0 N–H and O–H groups in total. The van der Waals surface area contributed by atoms with Crippen LogP contribution in [0.15, 0.2) is 48.8 Å². The van der Waals surface area contributed by atoms with Crippen LogP contribution in [0.1, 0.15) is 22.3 Å². The lowest BCUT2D eigenvalue weighted by molar-refractivity contribution is 0.0704. The van der Waals surface area contributed by atoms with Gasteiger partial charge in [-0.25, -0.2) is 4.39 Å². The molecule has 0 radical (unpaired) electrons. The van der Waals surface area contributed by atoms with E-state index in [0.29, 0.717) is 18.2 Å². The molecule has 1 aliphatic rings. The second-order valence-corrected chi connectivity index (χ2v) is 6.46. The van der Waals surface area contributed by atoms with Crippen LogP contribution in [0, 0.1) is 5.82 Å². The summed E-state index contributed by atoms with van der Waals surface area (Å²) in [6.07, 6.45) is 5.31. The van der Waals surface area contributed by atoms with Gasteiger partial charge in [-0.2, -0.15) is 0 Å². The zero-order valence-corrected chi connectivity index (χ0v) is 14.0. The average molecular weight is 327 g/mol. The zero-order chi connectivity index (χ0) is 17.1. The van der Waals surface area contributed by atoms with Crippen molar-refractivity contribution >= 4 is 5.91 Å². The van der Waals surface area contributed by atoms with Gasteiger partial charge >= 0.3 is 0 Å². The van der Waals surface area contributed by atoms with Crippen LogP contribution in [-0.2, 0) is 6.42 Å². The van der Waals surface area contributed by atoms with E-state index in [1.54, 1.807) is 18.3 Å². The third-order valence-electron chi connectivity index (χ3n) is 4.69. The SMILES string of the molecule is CN(C)[C@@H]1CCN(C(=O)c2ccc(F)cc2)[C@H]1Cc1cccnc1. The molecule has 1 aromatic carbocycles. The second kappa shape index (κ2) is 7.09. The van der Waals surface area contributed by atoms with Crippen molar-refractivity contribution in [1.29, 1.82) is 0 Å². The molecule has 3 rings (SSSR count). The number of nitrogens with zero attached hydrogens (tertiary/aromatic N) is 3. The summed E-state index contributed by atoms with van der Waals surface area (Å²) in [5, 5.41) is 0. The minimum absolute atomic E-state index is 0.0340. The molecular formula is C19H22FN3O. The first-order chi connectivity index (χ1) is 11.6. The van der Waals surface area contributed by atoms with E-state index in [9.17, 15) is 9.18 Å². The lowest BCUT2D eigenvalue weighted by Gasteiger charge is -2.31. The third-order valence-corrected chi connectivity index (χ3v) is 4.69. The number of rotatable bonds is 4. The predicted molar refractivity (Wildman–Crippen MR) is 91.3 cm³/mol. The van der Waals surface area contributed by atoms with Crippen LogP contribution in [0.25, 0.3) is 0 Å². The molecule has 24 heavy (non-hydrogen) atoms. The maximum absolute atomic E-state index is 13.1. The van der Waals surface area contributed by atoms with Crippen molar-refractivity contribution in [2.45, 2.75) is 24.9 Å². The highest BCUT2D eigenvalue weighted by Crippen LogP contribution is 2.26. The highest BCUT2D eigenvalue weighted by atomic mass is 19.1. The van der Waals surface area contributed by atoms with Crippen molar-refractivity contribution in [3.8, 4) is 0 Å². The van der Waals surface area contributed by atoms with Crippen LogP contribution in [0.2, 0.25) is 0 Å². The summed E-state index contributed by atoms with van der Waals surface area (Å²) in [5.74, 6) is -0.362. The van der Waals surface area contributed by atoms with Crippen LogP contribution in [0.4, 0.5) is 4.39 Å². The maximum atomic E-state index is 13.1. The first-order valence-corrected chi connectivity index (χ1v) is 8.18. The minimum atomic E-state index is -0.328. The minimum Gasteiger partial charge on any atom is -0.334 e. The molecule has 4 nitrogen and oxygen atoms in total. The van der Waals surface area contributed by atoms with E-state index in [-0.39, 0.29) is 17.8 Å². The molecule has 2 atom stereocenters. The van der Waals surface area contributed by atoms with Crippen molar-refractivity contribution in [2.24, 2.45) is 0 Å². The standard InChI is InChI=1S/C19H22FN3O/c1-22(2)17-9-11-23(18(17)12-14-4-3-10-21-13-14)19(24)15-5-7-16(20)8-6-15/h3-8,10,13,17-18H,9,11-12H2,1-2H3/t17-,18+/m1/s1. The van der Waals surface area contributed by atoms with Gasteiger partial charge in [-0.05, 0) is 62.8 Å². The van der Waals surface area contributed by atoms with Gasteiger partial charge in [0, 0.05) is 30.5 Å². The van der Waals surface area contributed by atoms with Gasteiger partial charge in [0.05, 0.1) is 6.04 Å². The quantitative estimate of drug-likeness (QED) is 0.866. The number of carbonyl (C=O) groups excluding carboxylic acids is 1. The summed E-state index contributed by atoms with van der Waals surface area (Å²) in [7, 11) is 4.10. The monoisotopic (exact) mass is 327 g/mol. The number of benzene rings is 1. The van der Waals surface area contributed by atoms with Gasteiger partial charge < -0.3 is 9.80 Å². The van der Waals surface area contributed by atoms with E-state index in [2.05, 4.69) is 9.88 Å². The highest BCUT2D eigenvalue weighted by Gasteiger charge is 2.38. The largest absolute Gasteiger partial charge is 0.334 e. The van der Waals surface area contributed by atoms with E-state index >= 15 is 0 Å². The van der Waals surface area contributed by atoms with Gasteiger partial charge in [-0.1, -0.05) is 6.07 Å². The topological polar surface area (TPSA) is 36.4 Å². The molecule has 0 saturated carbocycles. The van der Waals surface area contributed by atoms with Crippen LogP contribution >= 0.6 is 0 Å². The Hall–Kier alpha value is -2.27. The molecule has 1 amide bonds. The molecular weight excluding hydrogens is 305 g/mol. The molecule has 1 saturated heterocycles. The van der Waals surface area contributed by atoms with Crippen LogP contribution < -0.4 is 0 Å². The van der Waals surface area contributed by atoms with E-state index in [1.807, 2.05) is 37.3 Å². The predicted octanol–water partition coefficient (Wildman–Crippen LogP) is 2.61. The van der Waals surface area contributed by atoms with Gasteiger partial charge in [0.2, 0.25) is 0 Å². The Labute approximate surface area is 141 Å². The number of likely N-dealkylation sites (N-methyl/N-ethyl adjacent to an activating group) is 1. The second-order valence-electron chi connectivity index (χ2n) is 6.46. The molecule has 0 aliphatic carbocycles. The number of hydrogen-bond acceptors (Lipinski definition) is 3. The zero-order valence-electron chi connectivity index (χ0n) is 14.0. The Bertz CT molecular complexity index is 688. The molecule has 0 bridgehead atoms. The number of halogens is 1. The molecule has 2 aromatic rings. The van der Waals surface area contributed by atoms with Crippen molar-refractivity contribution in [3.63, 3.8) is 0 Å². The van der Waals surface area contributed by atoms with Crippen LogP contribution in [0.3, 0.4) is 0 Å². The Morgan fingerprint density at radius 2 is 2.04 bits per heavy atom. The number of carbonyl (C=O) groups is 1. The fourth-order valence-corrected chi connectivity index (χ4v) is 3.46. The summed E-state index contributed by atoms with van der Waals surface area (Å²) in [6.45, 7) is 0.712. The van der Waals surface area contributed by atoms with E-state index < -0.39 is 0 Å². The smallest absolute Gasteiger partial charge is 0.254 e. The number of pyridine rings is 1. The number of amides is 1. The van der Waals surface area contributed by atoms with Gasteiger partial charge in [0.25, 0.3) is 5.91 Å². The van der Waals surface area contributed by atoms with Gasteiger partial charge in [0.1, 0.15) is 5.82 Å². The molecule has 1 aliphatic heterocycles. The van der Waals surface area contributed by atoms with E-state index in [4.69, 9.17) is 0 Å². The first-order valence-electron chi connectivity index (χ1n) is 8.18. The lowest BCUT2D eigenvalue weighted by Crippen LogP contribution is -2.45. The summed E-state index contributed by atoms with van der Waals surface area (Å²) in [6, 6.07) is 10.1. The Morgan fingerprint density at radius 3 is 2.67 bits per heavy atom. The van der Waals surface area contributed by atoms with Crippen molar-refractivity contribution in [3.05, 3.63) is 65.7 Å². The number of likely N-dealkylation sites (tertiary alicyclic amines) is 1. The number of hydrogen-bond donors (Lipinski definition) is 0. The first kappa shape index (κ1) is 16.6. The summed E-state index contributed by atoms with van der Waals surface area (Å²) >= 11 is 0. The van der Waals surface area contributed by atoms with Crippen LogP contribution in [0.5, 0.6) is 0 Å². The Morgan fingerprint density at radius 1 is 1.29 bits per heavy atom. The lowest BCUT2D eigenvalue weighted by atomic mass is 10.00. The molecule has 5 heteroatoms. The fraction of sp³-hybridized carbons (Fsp3) is 0.368. The fourth-order valence-electron chi connectivity index (χ4n) is 3.46. The summed E-state index contributed by atoms with van der Waals surface area (Å²) in [5.41, 5.74) is 1.65. The Kier molecular flexibility index (Phi) is 4.90. The highest BCUT2D eigenvalue weighted by molar-refractivity contribution is 5.94. The molecule has 126 valence electrons. The van der Waals surface area contributed by atoms with Gasteiger partial charge in [0.15, 0.2) is 0 Å². The normalized spacial score (nSPS) is 20.6. The van der Waals surface area contributed by atoms with E-state index in [0.717, 1.165) is 18.4 Å².